The maximum atomic E-state index is 12.3. The molecule has 3 N–H and O–H groups in total. The third kappa shape index (κ3) is 4.11. The summed E-state index contributed by atoms with van der Waals surface area (Å²) < 4.78 is 0. The van der Waals surface area contributed by atoms with Gasteiger partial charge >= 0.3 is 0 Å². The molecule has 1 amide bonds. The van der Waals surface area contributed by atoms with E-state index in [0.29, 0.717) is 21.8 Å². The Kier molecular flexibility index (Phi) is 5.37. The number of anilines is 1. The number of hydrogen-bond donors (Lipinski definition) is 3. The fraction of sp³-hybridized carbons (Fsp3) is 0.0909. The van der Waals surface area contributed by atoms with E-state index in [4.69, 9.17) is 0 Å². The highest BCUT2D eigenvalue weighted by molar-refractivity contribution is 8.00. The van der Waals surface area contributed by atoms with Crippen LogP contribution < -0.4 is 10.9 Å². The lowest BCUT2D eigenvalue weighted by atomic mass is 10.2. The Labute approximate surface area is 176 Å². The Morgan fingerprint density at radius 1 is 1.17 bits per heavy atom. The van der Waals surface area contributed by atoms with E-state index >= 15 is 0 Å². The molecule has 0 atom stereocenters. The number of amides is 1. The van der Waals surface area contributed by atoms with Gasteiger partial charge < -0.3 is 15.3 Å². The zero-order chi connectivity index (χ0) is 21.1. The Morgan fingerprint density at radius 3 is 2.67 bits per heavy atom. The smallest absolute Gasteiger partial charge is 0.249 e. The first-order valence-corrected chi connectivity index (χ1v) is 10.1. The van der Waals surface area contributed by atoms with Crippen LogP contribution in [0.1, 0.15) is 11.1 Å². The molecule has 0 saturated heterocycles. The number of H-pyrrole nitrogens is 2. The number of aromatic amines is 2. The van der Waals surface area contributed by atoms with Gasteiger partial charge in [0.2, 0.25) is 11.5 Å². The maximum Gasteiger partial charge on any atom is 0.249 e. The summed E-state index contributed by atoms with van der Waals surface area (Å²) in [7, 11) is 0. The van der Waals surface area contributed by atoms with Crippen LogP contribution in [-0.2, 0) is 4.79 Å². The summed E-state index contributed by atoms with van der Waals surface area (Å²) in [6.45, 7) is 1.70. The van der Waals surface area contributed by atoms with Crippen LogP contribution in [0.4, 0.5) is 5.69 Å². The number of fused-ring (bicyclic) bond motifs is 1. The van der Waals surface area contributed by atoms with Crippen LogP contribution in [0.5, 0.6) is 0 Å². The number of thioether (sulfide) groups is 1. The lowest BCUT2D eigenvalue weighted by Crippen LogP contribution is -2.15. The van der Waals surface area contributed by atoms with Crippen LogP contribution in [0, 0.1) is 18.3 Å². The topological polar surface area (TPSA) is 114 Å². The predicted octanol–water partition coefficient (Wildman–Crippen LogP) is 3.83. The number of aryl methyl sites for hydroxylation is 1. The van der Waals surface area contributed by atoms with Crippen molar-refractivity contribution in [1.29, 1.82) is 5.26 Å². The molecule has 0 saturated carbocycles. The third-order valence-corrected chi connectivity index (χ3v) is 5.50. The van der Waals surface area contributed by atoms with Crippen molar-refractivity contribution < 1.29 is 4.79 Å². The van der Waals surface area contributed by atoms with Crippen LogP contribution in [0.2, 0.25) is 0 Å². The number of para-hydroxylation sites is 2. The first kappa shape index (κ1) is 19.5. The number of hydrogen-bond acceptors (Lipinski definition) is 5. The molecule has 30 heavy (non-hydrogen) atoms. The third-order valence-electron chi connectivity index (χ3n) is 4.50. The Morgan fingerprint density at radius 2 is 1.93 bits per heavy atom. The van der Waals surface area contributed by atoms with Crippen LogP contribution in [-0.4, -0.2) is 26.6 Å². The highest BCUT2D eigenvalue weighted by Crippen LogP contribution is 2.23. The molecule has 4 rings (SSSR count). The normalized spacial score (nSPS) is 10.7. The van der Waals surface area contributed by atoms with Gasteiger partial charge in [0.25, 0.3) is 0 Å². The minimum absolute atomic E-state index is 0.0688. The zero-order valence-corrected chi connectivity index (χ0v) is 16.8. The Bertz CT molecular complexity index is 1300. The average molecular weight is 415 g/mol. The average Bonchev–Trinajstić information content (AvgIpc) is 3.17. The number of nitrogens with one attached hydrogen (secondary N) is 3. The number of nitriles is 1. The number of imidazole rings is 1. The molecule has 2 aromatic carbocycles. The highest BCUT2D eigenvalue weighted by Gasteiger charge is 2.11. The number of pyridine rings is 1. The van der Waals surface area contributed by atoms with Gasteiger partial charge in [-0.2, -0.15) is 5.26 Å². The van der Waals surface area contributed by atoms with Crippen molar-refractivity contribution in [2.75, 3.05) is 11.1 Å². The standard InChI is InChI=1S/C22H17N5O2S/c1-13-10-19(28)27-22(16(13)11-23)30-12-20(29)24-15-8-6-14(7-9-15)21-25-17-4-2-3-5-18(17)26-21/h2-10H,12H2,1H3,(H,24,29)(H,25,26)(H,27,28). The van der Waals surface area contributed by atoms with Gasteiger partial charge in [-0.15, -0.1) is 0 Å². The van der Waals surface area contributed by atoms with Crippen LogP contribution >= 0.6 is 11.8 Å². The van der Waals surface area contributed by atoms with Gasteiger partial charge in [-0.3, -0.25) is 9.59 Å². The summed E-state index contributed by atoms with van der Waals surface area (Å²) in [5, 5.41) is 12.5. The molecular formula is C22H17N5O2S. The predicted molar refractivity (Wildman–Crippen MR) is 117 cm³/mol. The summed E-state index contributed by atoms with van der Waals surface area (Å²) in [6.07, 6.45) is 0. The van der Waals surface area contributed by atoms with Crippen molar-refractivity contribution in [3.8, 4) is 17.5 Å². The summed E-state index contributed by atoms with van der Waals surface area (Å²) in [6, 6.07) is 18.6. The maximum absolute atomic E-state index is 12.3. The number of benzene rings is 2. The number of aromatic nitrogens is 3. The van der Waals surface area contributed by atoms with Crippen molar-refractivity contribution in [3.05, 3.63) is 76.1 Å². The van der Waals surface area contributed by atoms with Crippen molar-refractivity contribution in [2.45, 2.75) is 11.9 Å². The van der Waals surface area contributed by atoms with Crippen LogP contribution in [0.3, 0.4) is 0 Å². The molecule has 0 unspecified atom stereocenters. The lowest BCUT2D eigenvalue weighted by molar-refractivity contribution is -0.113. The van der Waals surface area contributed by atoms with Gasteiger partial charge in [-0.25, -0.2) is 4.98 Å². The second-order valence-corrected chi connectivity index (χ2v) is 7.63. The van der Waals surface area contributed by atoms with Gasteiger partial charge in [0.05, 0.1) is 27.4 Å². The van der Waals surface area contributed by atoms with E-state index in [2.05, 4.69) is 26.3 Å². The molecule has 2 heterocycles. The Balaban J connectivity index is 1.42. The van der Waals surface area contributed by atoms with Gasteiger partial charge in [0, 0.05) is 17.3 Å². The van der Waals surface area contributed by atoms with Crippen LogP contribution in [0.15, 0.2) is 64.4 Å². The monoisotopic (exact) mass is 415 g/mol. The van der Waals surface area contributed by atoms with Crippen molar-refractivity contribution in [2.24, 2.45) is 0 Å². The van der Waals surface area contributed by atoms with E-state index in [0.717, 1.165) is 34.2 Å². The van der Waals surface area contributed by atoms with Crippen molar-refractivity contribution >= 4 is 34.4 Å². The number of carbonyl (C=O) groups is 1. The molecule has 0 radical (unpaired) electrons. The zero-order valence-electron chi connectivity index (χ0n) is 16.0. The molecule has 8 heteroatoms. The minimum Gasteiger partial charge on any atom is -0.338 e. The van der Waals surface area contributed by atoms with Crippen molar-refractivity contribution in [1.82, 2.24) is 15.0 Å². The molecule has 0 fully saturated rings. The summed E-state index contributed by atoms with van der Waals surface area (Å²) in [4.78, 5) is 34.4. The second kappa shape index (κ2) is 8.27. The summed E-state index contributed by atoms with van der Waals surface area (Å²) >= 11 is 1.12. The van der Waals surface area contributed by atoms with E-state index < -0.39 is 0 Å². The van der Waals surface area contributed by atoms with Crippen LogP contribution in [0.25, 0.3) is 22.4 Å². The van der Waals surface area contributed by atoms with E-state index in [-0.39, 0.29) is 17.2 Å². The molecule has 0 spiro atoms. The largest absolute Gasteiger partial charge is 0.338 e. The fourth-order valence-electron chi connectivity index (χ4n) is 3.04. The molecule has 4 aromatic rings. The number of rotatable bonds is 5. The molecule has 7 nitrogen and oxygen atoms in total. The molecule has 148 valence electrons. The number of nitrogens with zero attached hydrogens (tertiary/aromatic N) is 2. The number of carbonyl (C=O) groups excluding carboxylic acids is 1. The Hall–Kier alpha value is -3.83. The molecule has 0 bridgehead atoms. The SMILES string of the molecule is Cc1cc(=O)[nH]c(SCC(=O)Nc2ccc(-c3nc4ccccc4[nH]3)cc2)c1C#N. The molecule has 0 aliphatic heterocycles. The quantitative estimate of drug-likeness (QED) is 0.429. The molecule has 2 aromatic heterocycles. The first-order chi connectivity index (χ1) is 14.5. The van der Waals surface area contributed by atoms with Gasteiger partial charge in [0.15, 0.2) is 0 Å². The molecule has 0 aliphatic carbocycles. The molecular weight excluding hydrogens is 398 g/mol. The fourth-order valence-corrected chi connectivity index (χ4v) is 3.91. The van der Waals surface area contributed by atoms with Gasteiger partial charge in [0.1, 0.15) is 11.9 Å². The highest BCUT2D eigenvalue weighted by atomic mass is 32.2. The van der Waals surface area contributed by atoms with Gasteiger partial charge in [-0.05, 0) is 48.9 Å². The second-order valence-electron chi connectivity index (χ2n) is 6.65. The summed E-state index contributed by atoms with van der Waals surface area (Å²) in [5.41, 5.74) is 4.09. The van der Waals surface area contributed by atoms with E-state index in [1.54, 1.807) is 19.1 Å². The van der Waals surface area contributed by atoms with Crippen molar-refractivity contribution in [3.63, 3.8) is 0 Å². The minimum atomic E-state index is -0.296. The van der Waals surface area contributed by atoms with E-state index in [1.807, 2.05) is 36.4 Å². The lowest BCUT2D eigenvalue weighted by Gasteiger charge is -2.07. The molecule has 0 aliphatic rings. The van der Waals surface area contributed by atoms with E-state index in [1.165, 1.54) is 6.07 Å². The summed E-state index contributed by atoms with van der Waals surface area (Å²) in [5.74, 6) is 0.596. The first-order valence-electron chi connectivity index (χ1n) is 9.15. The van der Waals surface area contributed by atoms with E-state index in [9.17, 15) is 14.9 Å². The van der Waals surface area contributed by atoms with Gasteiger partial charge in [-0.1, -0.05) is 23.9 Å².